The largest absolute Gasteiger partial charge is 0.339 e. The van der Waals surface area contributed by atoms with Crippen LogP contribution in [0.5, 0.6) is 0 Å². The summed E-state index contributed by atoms with van der Waals surface area (Å²) in [5, 5.41) is 3.98. The maximum Gasteiger partial charge on any atom is 0.229 e. The van der Waals surface area contributed by atoms with Gasteiger partial charge in [0.2, 0.25) is 11.7 Å². The molecule has 0 bridgehead atoms. The fraction of sp³-hybridized carbons (Fsp3) is 0.462. The zero-order chi connectivity index (χ0) is 13.0. The van der Waals surface area contributed by atoms with Gasteiger partial charge in [0, 0.05) is 11.6 Å². The van der Waals surface area contributed by atoms with Gasteiger partial charge < -0.3 is 10.3 Å². The van der Waals surface area contributed by atoms with Gasteiger partial charge in [0.15, 0.2) is 0 Å². The van der Waals surface area contributed by atoms with Crippen molar-refractivity contribution in [2.24, 2.45) is 5.73 Å². The highest BCUT2D eigenvalue weighted by Gasteiger charge is 2.15. The number of nitrogens with zero attached hydrogens (tertiary/aromatic N) is 3. The van der Waals surface area contributed by atoms with Gasteiger partial charge in [-0.05, 0) is 38.4 Å². The van der Waals surface area contributed by atoms with Crippen LogP contribution < -0.4 is 5.73 Å². The van der Waals surface area contributed by atoms with E-state index in [1.54, 1.807) is 0 Å². The van der Waals surface area contributed by atoms with E-state index in [2.05, 4.69) is 22.0 Å². The minimum absolute atomic E-state index is 0.236. The van der Waals surface area contributed by atoms with E-state index >= 15 is 0 Å². The van der Waals surface area contributed by atoms with Gasteiger partial charge in [-0.15, -0.1) is 0 Å². The molecule has 18 heavy (non-hydrogen) atoms. The minimum Gasteiger partial charge on any atom is -0.339 e. The fourth-order valence-corrected chi connectivity index (χ4v) is 1.75. The third-order valence-corrected chi connectivity index (χ3v) is 2.82. The van der Waals surface area contributed by atoms with E-state index in [1.165, 1.54) is 0 Å². The van der Waals surface area contributed by atoms with Crippen molar-refractivity contribution in [1.82, 2.24) is 15.1 Å². The molecule has 0 aliphatic carbocycles. The van der Waals surface area contributed by atoms with Crippen molar-refractivity contribution in [3.63, 3.8) is 0 Å². The lowest BCUT2D eigenvalue weighted by Crippen LogP contribution is -2.02. The lowest BCUT2D eigenvalue weighted by Gasteiger charge is -2.03. The first-order valence-electron chi connectivity index (χ1n) is 6.18. The Kier molecular flexibility index (Phi) is 4.04. The van der Waals surface area contributed by atoms with E-state index in [0.717, 1.165) is 24.2 Å². The zero-order valence-corrected chi connectivity index (χ0v) is 10.8. The molecule has 1 atom stereocenters. The molecule has 0 radical (unpaired) electrons. The molecule has 0 spiro atoms. The van der Waals surface area contributed by atoms with E-state index in [-0.39, 0.29) is 5.92 Å². The number of hydrogen-bond acceptors (Lipinski definition) is 5. The summed E-state index contributed by atoms with van der Waals surface area (Å²) in [6, 6.07) is 5.76. The highest BCUT2D eigenvalue weighted by atomic mass is 16.5. The molecule has 0 saturated carbocycles. The summed E-state index contributed by atoms with van der Waals surface area (Å²) in [6.07, 6.45) is 1.92. The summed E-state index contributed by atoms with van der Waals surface area (Å²) in [4.78, 5) is 8.77. The van der Waals surface area contributed by atoms with Crippen LogP contribution in [0.2, 0.25) is 0 Å². The third kappa shape index (κ3) is 2.92. The van der Waals surface area contributed by atoms with Crippen LogP contribution in [0.15, 0.2) is 22.7 Å². The molecule has 2 aromatic heterocycles. The topological polar surface area (TPSA) is 77.8 Å². The summed E-state index contributed by atoms with van der Waals surface area (Å²) in [6.45, 7) is 4.69. The second kappa shape index (κ2) is 5.73. The number of pyridine rings is 1. The van der Waals surface area contributed by atoms with Crippen molar-refractivity contribution in [3.05, 3.63) is 29.8 Å². The van der Waals surface area contributed by atoms with Crippen molar-refractivity contribution in [1.29, 1.82) is 0 Å². The standard InChI is InChI=1S/C13H18N4O/c1-9(5-4-8-14)13-16-12(17-18-13)11-7-3-6-10(2)15-11/h3,6-7,9H,4-5,8,14H2,1-2H3. The van der Waals surface area contributed by atoms with Gasteiger partial charge in [-0.2, -0.15) is 4.98 Å². The molecule has 1 unspecified atom stereocenters. The van der Waals surface area contributed by atoms with E-state index in [1.807, 2.05) is 25.1 Å². The second-order valence-electron chi connectivity index (χ2n) is 4.45. The van der Waals surface area contributed by atoms with Crippen LogP contribution in [0.3, 0.4) is 0 Å². The number of hydrogen-bond donors (Lipinski definition) is 1. The van der Waals surface area contributed by atoms with Gasteiger partial charge in [0.05, 0.1) is 0 Å². The average molecular weight is 246 g/mol. The summed E-state index contributed by atoms with van der Waals surface area (Å²) in [5.41, 5.74) is 7.18. The summed E-state index contributed by atoms with van der Waals surface area (Å²) in [5.74, 6) is 1.44. The molecule has 2 aromatic rings. The van der Waals surface area contributed by atoms with Gasteiger partial charge in [-0.3, -0.25) is 0 Å². The van der Waals surface area contributed by atoms with Crippen molar-refractivity contribution in [3.8, 4) is 11.5 Å². The van der Waals surface area contributed by atoms with Gasteiger partial charge in [0.1, 0.15) is 5.69 Å². The molecule has 2 N–H and O–H groups in total. The minimum atomic E-state index is 0.236. The molecule has 0 saturated heterocycles. The highest BCUT2D eigenvalue weighted by Crippen LogP contribution is 2.21. The first-order chi connectivity index (χ1) is 8.70. The fourth-order valence-electron chi connectivity index (χ4n) is 1.75. The van der Waals surface area contributed by atoms with Crippen LogP contribution in [0, 0.1) is 6.92 Å². The van der Waals surface area contributed by atoms with Crippen molar-refractivity contribution in [2.75, 3.05) is 6.54 Å². The average Bonchev–Trinajstić information content (AvgIpc) is 2.85. The number of aryl methyl sites for hydroxylation is 1. The van der Waals surface area contributed by atoms with Crippen LogP contribution >= 0.6 is 0 Å². The molecule has 0 fully saturated rings. The molecule has 0 aromatic carbocycles. The lowest BCUT2D eigenvalue weighted by molar-refractivity contribution is 0.352. The number of aromatic nitrogens is 3. The highest BCUT2D eigenvalue weighted by molar-refractivity contribution is 5.48. The van der Waals surface area contributed by atoms with Gasteiger partial charge in [-0.1, -0.05) is 18.1 Å². The summed E-state index contributed by atoms with van der Waals surface area (Å²) in [7, 11) is 0. The Labute approximate surface area is 106 Å². The zero-order valence-electron chi connectivity index (χ0n) is 10.8. The molecule has 5 nitrogen and oxygen atoms in total. The van der Waals surface area contributed by atoms with Crippen LogP contribution in [0.4, 0.5) is 0 Å². The predicted molar refractivity (Wildman–Crippen MR) is 69.0 cm³/mol. The Morgan fingerprint density at radius 2 is 2.17 bits per heavy atom. The molecule has 5 heteroatoms. The molecule has 96 valence electrons. The quantitative estimate of drug-likeness (QED) is 0.875. The Morgan fingerprint density at radius 1 is 1.33 bits per heavy atom. The molecular weight excluding hydrogens is 228 g/mol. The van der Waals surface area contributed by atoms with Gasteiger partial charge >= 0.3 is 0 Å². The Morgan fingerprint density at radius 3 is 2.89 bits per heavy atom. The smallest absolute Gasteiger partial charge is 0.229 e. The first-order valence-corrected chi connectivity index (χ1v) is 6.18. The van der Waals surface area contributed by atoms with Gasteiger partial charge in [-0.25, -0.2) is 4.98 Å². The lowest BCUT2D eigenvalue weighted by atomic mass is 10.1. The third-order valence-electron chi connectivity index (χ3n) is 2.82. The van der Waals surface area contributed by atoms with Crippen molar-refractivity contribution < 1.29 is 4.52 Å². The predicted octanol–water partition coefficient (Wildman–Crippen LogP) is 2.28. The molecule has 2 rings (SSSR count). The maximum atomic E-state index is 5.49. The Hall–Kier alpha value is -1.75. The van der Waals surface area contributed by atoms with Crippen LogP contribution in [-0.4, -0.2) is 21.7 Å². The molecule has 0 aliphatic heterocycles. The number of nitrogens with two attached hydrogens (primary N) is 1. The second-order valence-corrected chi connectivity index (χ2v) is 4.45. The van der Waals surface area contributed by atoms with Gasteiger partial charge in [0.25, 0.3) is 0 Å². The van der Waals surface area contributed by atoms with Crippen molar-refractivity contribution >= 4 is 0 Å². The molecule has 0 aliphatic rings. The number of rotatable bonds is 5. The van der Waals surface area contributed by atoms with E-state index in [0.29, 0.717) is 18.3 Å². The maximum absolute atomic E-state index is 5.49. The Balaban J connectivity index is 2.15. The first kappa shape index (κ1) is 12.7. The molecule has 2 heterocycles. The van der Waals surface area contributed by atoms with E-state index < -0.39 is 0 Å². The normalized spacial score (nSPS) is 12.6. The monoisotopic (exact) mass is 246 g/mol. The van der Waals surface area contributed by atoms with E-state index in [4.69, 9.17) is 10.3 Å². The Bertz CT molecular complexity index is 509. The van der Waals surface area contributed by atoms with E-state index in [9.17, 15) is 0 Å². The van der Waals surface area contributed by atoms with Crippen LogP contribution in [0.1, 0.15) is 37.3 Å². The molecular formula is C13H18N4O. The summed E-state index contributed by atoms with van der Waals surface area (Å²) < 4.78 is 5.28. The molecule has 0 amide bonds. The van der Waals surface area contributed by atoms with Crippen molar-refractivity contribution in [2.45, 2.75) is 32.6 Å². The van der Waals surface area contributed by atoms with Crippen LogP contribution in [-0.2, 0) is 0 Å². The summed E-state index contributed by atoms with van der Waals surface area (Å²) >= 11 is 0. The van der Waals surface area contributed by atoms with Crippen LogP contribution in [0.25, 0.3) is 11.5 Å². The SMILES string of the molecule is Cc1cccc(-c2noc(C(C)CCCN)n2)n1.